The first-order valence-electron chi connectivity index (χ1n) is 5.95. The molecule has 0 radical (unpaired) electrons. The van der Waals surface area contributed by atoms with Crippen LogP contribution in [0.4, 0.5) is 0 Å². The summed E-state index contributed by atoms with van der Waals surface area (Å²) in [6.07, 6.45) is 0. The standard InChI is InChI=1S/C14H19BrClNO/c1-9(14(2,3)4)8-17-13(18)10-6-5-7-11(15)12(10)16/h5-7,9H,8H2,1-4H3,(H,17,18). The second-order valence-corrected chi connectivity index (χ2v) is 6.81. The maximum Gasteiger partial charge on any atom is 0.252 e. The lowest BCUT2D eigenvalue weighted by Gasteiger charge is -2.27. The summed E-state index contributed by atoms with van der Waals surface area (Å²) in [7, 11) is 0. The largest absolute Gasteiger partial charge is 0.352 e. The number of hydrogen-bond acceptors (Lipinski definition) is 1. The summed E-state index contributed by atoms with van der Waals surface area (Å²) in [5, 5.41) is 3.39. The highest BCUT2D eigenvalue weighted by molar-refractivity contribution is 9.10. The van der Waals surface area contributed by atoms with E-state index in [2.05, 4.69) is 48.9 Å². The fraction of sp³-hybridized carbons (Fsp3) is 0.500. The Kier molecular flexibility index (Phi) is 5.23. The van der Waals surface area contributed by atoms with Gasteiger partial charge in [-0.15, -0.1) is 0 Å². The Hall–Kier alpha value is -0.540. The van der Waals surface area contributed by atoms with Crippen LogP contribution in [0.3, 0.4) is 0 Å². The van der Waals surface area contributed by atoms with E-state index in [-0.39, 0.29) is 11.3 Å². The highest BCUT2D eigenvalue weighted by Gasteiger charge is 2.21. The summed E-state index contributed by atoms with van der Waals surface area (Å²) in [6.45, 7) is 9.26. The van der Waals surface area contributed by atoms with Crippen LogP contribution in [0, 0.1) is 11.3 Å². The van der Waals surface area contributed by atoms with Crippen molar-refractivity contribution in [1.82, 2.24) is 5.32 Å². The van der Waals surface area contributed by atoms with E-state index in [1.165, 1.54) is 0 Å². The van der Waals surface area contributed by atoms with Gasteiger partial charge in [-0.2, -0.15) is 0 Å². The van der Waals surface area contributed by atoms with Crippen molar-refractivity contribution in [3.63, 3.8) is 0 Å². The number of benzene rings is 1. The van der Waals surface area contributed by atoms with Crippen LogP contribution in [0.15, 0.2) is 22.7 Å². The number of halogens is 2. The Balaban J connectivity index is 2.70. The Morgan fingerprint density at radius 1 is 1.44 bits per heavy atom. The molecule has 2 nitrogen and oxygen atoms in total. The number of hydrogen-bond donors (Lipinski definition) is 1. The van der Waals surface area contributed by atoms with Crippen LogP contribution in [0.25, 0.3) is 0 Å². The maximum atomic E-state index is 12.0. The van der Waals surface area contributed by atoms with Crippen LogP contribution >= 0.6 is 27.5 Å². The normalized spacial score (nSPS) is 13.2. The molecular formula is C14H19BrClNO. The van der Waals surface area contributed by atoms with Gasteiger partial charge in [0.1, 0.15) is 0 Å². The lowest BCUT2D eigenvalue weighted by Crippen LogP contribution is -2.33. The monoisotopic (exact) mass is 331 g/mol. The molecule has 1 aromatic rings. The third-order valence-electron chi connectivity index (χ3n) is 3.24. The SMILES string of the molecule is CC(CNC(=O)c1cccc(Br)c1Cl)C(C)(C)C. The molecule has 0 saturated carbocycles. The number of amides is 1. The van der Waals surface area contributed by atoms with E-state index in [0.717, 1.165) is 4.47 Å². The first kappa shape index (κ1) is 15.5. The van der Waals surface area contributed by atoms with Gasteiger partial charge >= 0.3 is 0 Å². The van der Waals surface area contributed by atoms with Crippen molar-refractivity contribution < 1.29 is 4.79 Å². The molecule has 0 fully saturated rings. The molecule has 1 amide bonds. The van der Waals surface area contributed by atoms with E-state index in [1.54, 1.807) is 12.1 Å². The minimum Gasteiger partial charge on any atom is -0.352 e. The fourth-order valence-corrected chi connectivity index (χ4v) is 1.90. The van der Waals surface area contributed by atoms with E-state index in [1.807, 2.05) is 6.07 Å². The molecule has 18 heavy (non-hydrogen) atoms. The quantitative estimate of drug-likeness (QED) is 0.866. The lowest BCUT2D eigenvalue weighted by molar-refractivity contribution is 0.0937. The van der Waals surface area contributed by atoms with Crippen molar-refractivity contribution in [2.24, 2.45) is 11.3 Å². The Bertz CT molecular complexity index is 440. The number of nitrogens with one attached hydrogen (secondary N) is 1. The van der Waals surface area contributed by atoms with Gasteiger partial charge in [0, 0.05) is 11.0 Å². The summed E-state index contributed by atoms with van der Waals surface area (Å²) in [5.74, 6) is 0.268. The predicted octanol–water partition coefficient (Wildman–Crippen LogP) is 4.51. The first-order chi connectivity index (χ1) is 8.23. The maximum absolute atomic E-state index is 12.0. The molecule has 100 valence electrons. The summed E-state index contributed by atoms with van der Waals surface area (Å²) in [6, 6.07) is 5.35. The molecule has 0 aromatic heterocycles. The summed E-state index contributed by atoms with van der Waals surface area (Å²) in [4.78, 5) is 12.0. The average molecular weight is 333 g/mol. The van der Waals surface area contributed by atoms with Crippen LogP contribution < -0.4 is 5.32 Å². The van der Waals surface area contributed by atoms with Gasteiger partial charge in [-0.1, -0.05) is 45.4 Å². The van der Waals surface area contributed by atoms with Crippen molar-refractivity contribution in [3.8, 4) is 0 Å². The Labute approximate surface area is 122 Å². The molecule has 0 saturated heterocycles. The predicted molar refractivity (Wildman–Crippen MR) is 80.1 cm³/mol. The molecule has 4 heteroatoms. The first-order valence-corrected chi connectivity index (χ1v) is 7.12. The minimum absolute atomic E-state index is 0.127. The molecule has 0 aliphatic rings. The molecule has 1 unspecified atom stereocenters. The molecule has 1 aromatic carbocycles. The summed E-state index contributed by atoms with van der Waals surface area (Å²) < 4.78 is 0.737. The molecule has 1 atom stereocenters. The summed E-state index contributed by atoms with van der Waals surface area (Å²) >= 11 is 9.40. The van der Waals surface area contributed by atoms with Crippen LogP contribution in [0.1, 0.15) is 38.1 Å². The highest BCUT2D eigenvalue weighted by Crippen LogP contribution is 2.27. The molecule has 1 rings (SSSR count). The number of carbonyl (C=O) groups excluding carboxylic acids is 1. The number of rotatable bonds is 3. The molecular weight excluding hydrogens is 314 g/mol. The molecule has 0 aliphatic carbocycles. The average Bonchev–Trinajstić information content (AvgIpc) is 2.27. The zero-order chi connectivity index (χ0) is 13.9. The zero-order valence-electron chi connectivity index (χ0n) is 11.2. The summed E-state index contributed by atoms with van der Waals surface area (Å²) in [5.41, 5.74) is 0.682. The van der Waals surface area contributed by atoms with Crippen molar-refractivity contribution in [2.45, 2.75) is 27.7 Å². The van der Waals surface area contributed by atoms with Crippen molar-refractivity contribution in [1.29, 1.82) is 0 Å². The fourth-order valence-electron chi connectivity index (χ4n) is 1.33. The molecule has 0 bridgehead atoms. The van der Waals surface area contributed by atoms with Crippen molar-refractivity contribution >= 4 is 33.4 Å². The Morgan fingerprint density at radius 3 is 2.61 bits per heavy atom. The van der Waals surface area contributed by atoms with Crippen molar-refractivity contribution in [2.75, 3.05) is 6.54 Å². The van der Waals surface area contributed by atoms with E-state index in [4.69, 9.17) is 11.6 Å². The van der Waals surface area contributed by atoms with Gasteiger partial charge in [0.25, 0.3) is 5.91 Å². The van der Waals surface area contributed by atoms with E-state index in [9.17, 15) is 4.79 Å². The van der Waals surface area contributed by atoms with E-state index < -0.39 is 0 Å². The van der Waals surface area contributed by atoms with Crippen LogP contribution in [0.5, 0.6) is 0 Å². The molecule has 0 heterocycles. The van der Waals surface area contributed by atoms with Gasteiger partial charge in [0.15, 0.2) is 0 Å². The number of carbonyl (C=O) groups is 1. The Morgan fingerprint density at radius 2 is 2.06 bits per heavy atom. The smallest absolute Gasteiger partial charge is 0.252 e. The second kappa shape index (κ2) is 6.07. The van der Waals surface area contributed by atoms with Crippen LogP contribution in [-0.2, 0) is 0 Å². The molecule has 0 spiro atoms. The van der Waals surface area contributed by atoms with Gasteiger partial charge in [-0.05, 0) is 39.4 Å². The second-order valence-electron chi connectivity index (χ2n) is 5.58. The van der Waals surface area contributed by atoms with Crippen LogP contribution in [0.2, 0.25) is 5.02 Å². The zero-order valence-corrected chi connectivity index (χ0v) is 13.5. The lowest BCUT2D eigenvalue weighted by atomic mass is 9.82. The molecule has 0 aliphatic heterocycles. The highest BCUT2D eigenvalue weighted by atomic mass is 79.9. The molecule has 1 N–H and O–H groups in total. The van der Waals surface area contributed by atoms with Gasteiger partial charge in [-0.25, -0.2) is 0 Å². The third-order valence-corrected chi connectivity index (χ3v) is 4.54. The topological polar surface area (TPSA) is 29.1 Å². The van der Waals surface area contributed by atoms with Gasteiger partial charge in [-0.3, -0.25) is 4.79 Å². The van der Waals surface area contributed by atoms with E-state index in [0.29, 0.717) is 23.0 Å². The van der Waals surface area contributed by atoms with E-state index >= 15 is 0 Å². The van der Waals surface area contributed by atoms with Crippen LogP contribution in [-0.4, -0.2) is 12.5 Å². The van der Waals surface area contributed by atoms with Crippen molar-refractivity contribution in [3.05, 3.63) is 33.3 Å². The third kappa shape index (κ3) is 3.99. The van der Waals surface area contributed by atoms with Gasteiger partial charge < -0.3 is 5.32 Å². The van der Waals surface area contributed by atoms with Gasteiger partial charge in [0.05, 0.1) is 10.6 Å². The minimum atomic E-state index is -0.127. The van der Waals surface area contributed by atoms with Gasteiger partial charge in [0.2, 0.25) is 0 Å².